The predicted molar refractivity (Wildman–Crippen MR) is 224 cm³/mol. The van der Waals surface area contributed by atoms with Crippen LogP contribution in [0.2, 0.25) is 0 Å². The maximum atomic E-state index is 15.4. The van der Waals surface area contributed by atoms with Crippen molar-refractivity contribution >= 4 is 79.0 Å². The monoisotopic (exact) mass is 1380 g/mol. The second-order valence-electron chi connectivity index (χ2n) is 17.6. The van der Waals surface area contributed by atoms with Crippen molar-refractivity contribution in [2.75, 3.05) is 0 Å². The van der Waals surface area contributed by atoms with Gasteiger partial charge in [0.05, 0.1) is 0 Å². The van der Waals surface area contributed by atoms with Crippen molar-refractivity contribution in [3.8, 4) is 0 Å². The summed E-state index contributed by atoms with van der Waals surface area (Å²) in [4.78, 5) is 0. The van der Waals surface area contributed by atoms with Crippen LogP contribution in [0, 0.1) is 233 Å². The predicted octanol–water partition coefficient (Wildman–Crippen LogP) is 11.3. The molecular weight excluding hydrogens is 1380 g/mol. The molecule has 0 bridgehead atoms. The van der Waals surface area contributed by atoms with Gasteiger partial charge in [-0.25, -0.2) is 176 Å². The Labute approximate surface area is 486 Å². The van der Waals surface area contributed by atoms with E-state index in [1.807, 2.05) is 0 Å². The Morgan fingerprint density at radius 1 is 0.0879 bits per heavy atom. The van der Waals surface area contributed by atoms with E-state index >= 15 is 70.2 Å². The fraction of sp³-hybridized carbons (Fsp3) is 0. The molecule has 8 aromatic rings. The third-order valence-electron chi connectivity index (χ3n) is 13.4. The number of benzene rings is 8. The van der Waals surface area contributed by atoms with Crippen molar-refractivity contribution < 1.29 is 176 Å². The number of hydrogen-bond acceptors (Lipinski definition) is 0. The minimum atomic E-state index is -7.22. The summed E-state index contributed by atoms with van der Waals surface area (Å²) in [6, 6.07) is 0. The summed E-state index contributed by atoms with van der Waals surface area (Å²) in [6.07, 6.45) is -14.4. The Morgan fingerprint density at radius 3 is 0.187 bits per heavy atom. The first kappa shape index (κ1) is 71.9. The van der Waals surface area contributed by atoms with Crippen molar-refractivity contribution in [3.63, 3.8) is 0 Å². The molecule has 0 aliphatic rings. The normalized spacial score (nSPS) is 11.9. The third-order valence-corrected chi connectivity index (χ3v) is 13.4. The Morgan fingerprint density at radius 2 is 0.132 bits per heavy atom. The second kappa shape index (κ2) is 24.5. The van der Waals surface area contributed by atoms with Gasteiger partial charge in [-0.2, -0.15) is 0 Å². The van der Waals surface area contributed by atoms with Crippen LogP contribution < -0.4 is 43.7 Å². The minimum Gasteiger partial charge on any atom is -0.207 e. The Balaban J connectivity index is 0.000000286. The summed E-state index contributed by atoms with van der Waals surface area (Å²) in [6.45, 7) is 0. The minimum absolute atomic E-state index is 0. The van der Waals surface area contributed by atoms with Crippen LogP contribution in [-0.4, -0.2) is 35.3 Å². The molecule has 91 heavy (non-hydrogen) atoms. The van der Waals surface area contributed by atoms with E-state index in [1.165, 1.54) is 0 Å². The molecule has 0 fully saturated rings. The summed E-state index contributed by atoms with van der Waals surface area (Å²) in [5, 5.41) is 0. The summed E-state index contributed by atoms with van der Waals surface area (Å²) < 4.78 is 588. The van der Waals surface area contributed by atoms with E-state index in [4.69, 9.17) is 0 Å². The fourth-order valence-electron chi connectivity index (χ4n) is 9.75. The molecule has 0 saturated heterocycles. The van der Waals surface area contributed by atoms with E-state index in [9.17, 15) is 105 Å². The molecule has 0 aromatic heterocycles. The molecule has 0 unspecified atom stereocenters. The van der Waals surface area contributed by atoms with Crippen LogP contribution >= 0.6 is 0 Å². The van der Waals surface area contributed by atoms with Gasteiger partial charge in [0, 0.05) is 0 Å². The van der Waals surface area contributed by atoms with Crippen LogP contribution in [-0.2, 0) is 0 Å². The largest absolute Gasteiger partial charge is 2.00 e. The van der Waals surface area contributed by atoms with Gasteiger partial charge in [-0.3, -0.25) is 0 Å². The maximum Gasteiger partial charge on any atom is 2.00 e. The van der Waals surface area contributed by atoms with Crippen LogP contribution in [0.25, 0.3) is 0 Å². The molecule has 43 heteroatoms. The van der Waals surface area contributed by atoms with Gasteiger partial charge in [-0.05, 0) is 0 Å². The molecule has 8 rings (SSSR count). The molecule has 0 aliphatic heterocycles. The van der Waals surface area contributed by atoms with Gasteiger partial charge in [0.15, 0.2) is 140 Å². The van der Waals surface area contributed by atoms with Crippen LogP contribution in [0.15, 0.2) is 0 Å². The molecule has 0 amide bonds. The summed E-state index contributed by atoms with van der Waals surface area (Å²) >= 11 is 0. The molecule has 0 N–H and O–H groups in total. The topological polar surface area (TPSA) is 0 Å². The maximum absolute atomic E-state index is 15.4. The number of rotatable bonds is 8. The summed E-state index contributed by atoms with van der Waals surface area (Å²) in [5.41, 5.74) is -28.7. The van der Waals surface area contributed by atoms with Crippen LogP contribution in [0.3, 0.4) is 0 Å². The van der Waals surface area contributed by atoms with Crippen molar-refractivity contribution in [2.24, 2.45) is 0 Å². The first-order chi connectivity index (χ1) is 41.4. The third kappa shape index (κ3) is 9.71. The molecule has 480 valence electrons. The first-order valence-electron chi connectivity index (χ1n) is 21.9. The molecule has 0 saturated carbocycles. The zero-order valence-corrected chi connectivity index (χ0v) is 42.4. The molecule has 0 atom stereocenters. The van der Waals surface area contributed by atoms with Crippen LogP contribution in [0.4, 0.5) is 176 Å². The summed E-state index contributed by atoms with van der Waals surface area (Å²) in [7, 11) is 0. The van der Waals surface area contributed by atoms with E-state index in [0.717, 1.165) is 0 Å². The van der Waals surface area contributed by atoms with Crippen LogP contribution in [0.5, 0.6) is 0 Å². The van der Waals surface area contributed by atoms with Gasteiger partial charge in [-0.15, -0.1) is 43.7 Å². The molecule has 0 spiro atoms. The molecular formula is C48B2F40Mg. The Kier molecular flexibility index (Phi) is 19.3. The quantitative estimate of drug-likeness (QED) is 0.0616. The SMILES string of the molecule is Fc1c(F)c(F)c([B-](c2c(F)c(F)c(F)c(F)c2F)(c2c(F)c(F)c(F)c(F)c2F)c2c(F)c(F)c(F)c(F)c2F)c(F)c1F.Fc1c(F)c(F)c([B-](c2c(F)c(F)c(F)c(F)c2F)(c2c(F)c(F)c(F)c(F)c2F)c2c(F)c(F)c(F)c(F)c2F)c(F)c1F.[Mg+2]. The molecule has 0 radical (unpaired) electrons. The van der Waals surface area contributed by atoms with Crippen LogP contribution in [0.1, 0.15) is 0 Å². The van der Waals surface area contributed by atoms with Crippen molar-refractivity contribution in [2.45, 2.75) is 0 Å². The van der Waals surface area contributed by atoms with Gasteiger partial charge < -0.3 is 0 Å². The van der Waals surface area contributed by atoms with Crippen molar-refractivity contribution in [1.29, 1.82) is 0 Å². The average molecular weight is 1380 g/mol. The van der Waals surface area contributed by atoms with Crippen molar-refractivity contribution in [1.82, 2.24) is 0 Å². The van der Waals surface area contributed by atoms with E-state index in [-0.39, 0.29) is 23.1 Å². The van der Waals surface area contributed by atoms with E-state index < -0.39 is 289 Å². The van der Waals surface area contributed by atoms with Gasteiger partial charge in [0.1, 0.15) is 105 Å². The molecule has 8 aromatic carbocycles. The second-order valence-corrected chi connectivity index (χ2v) is 17.6. The molecule has 0 heterocycles. The Hall–Kier alpha value is -8.14. The van der Waals surface area contributed by atoms with Gasteiger partial charge >= 0.3 is 23.1 Å². The van der Waals surface area contributed by atoms with E-state index in [0.29, 0.717) is 0 Å². The molecule has 0 nitrogen and oxygen atoms in total. The van der Waals surface area contributed by atoms with E-state index in [1.54, 1.807) is 0 Å². The smallest absolute Gasteiger partial charge is 0.207 e. The number of hydrogen-bond donors (Lipinski definition) is 0. The standard InChI is InChI=1S/2C24BF20.Mg/c2*26-5-1(6(27)14(35)21(42)13(5)34)25(2-7(28)15(36)22(43)16(37)8(2)29,3-9(30)17(38)23(44)18(39)10(3)31)4-11(32)19(40)24(45)20(41)12(4)33;/q2*-1;+2. The average Bonchev–Trinajstić information content (AvgIpc) is 0.690. The summed E-state index contributed by atoms with van der Waals surface area (Å²) in [5.74, 6) is -143. The zero-order chi connectivity index (χ0) is 68.7. The van der Waals surface area contributed by atoms with Crippen molar-refractivity contribution in [3.05, 3.63) is 233 Å². The first-order valence-corrected chi connectivity index (χ1v) is 21.9. The Bertz CT molecular complexity index is 3430. The van der Waals surface area contributed by atoms with Gasteiger partial charge in [-0.1, -0.05) is 0 Å². The zero-order valence-electron chi connectivity index (χ0n) is 41.0. The number of halogens is 40. The fourth-order valence-corrected chi connectivity index (χ4v) is 9.75. The van der Waals surface area contributed by atoms with Gasteiger partial charge in [0.2, 0.25) is 0 Å². The van der Waals surface area contributed by atoms with E-state index in [2.05, 4.69) is 0 Å². The molecule has 0 aliphatic carbocycles. The van der Waals surface area contributed by atoms with Gasteiger partial charge in [0.25, 0.3) is 0 Å².